The van der Waals surface area contributed by atoms with Gasteiger partial charge in [0, 0.05) is 29.4 Å². The predicted molar refractivity (Wildman–Crippen MR) is 76.0 cm³/mol. The molecule has 5 heteroatoms. The largest absolute Gasteiger partial charge is 0.496 e. The summed E-state index contributed by atoms with van der Waals surface area (Å²) in [5, 5.41) is 3.33. The summed E-state index contributed by atoms with van der Waals surface area (Å²) in [5.74, 6) is 1.61. The van der Waals surface area contributed by atoms with Crippen LogP contribution < -0.4 is 10.1 Å². The summed E-state index contributed by atoms with van der Waals surface area (Å²) in [7, 11) is 0.970. The minimum absolute atomic E-state index is 0.686. The van der Waals surface area contributed by atoms with Crippen LogP contribution in [0.4, 0.5) is 0 Å². The number of benzene rings is 1. The molecule has 0 radical (unpaired) electrons. The maximum Gasteiger partial charge on any atom is 0.133 e. The van der Waals surface area contributed by atoms with Crippen LogP contribution >= 0.6 is 15.9 Å². The summed E-state index contributed by atoms with van der Waals surface area (Å²) in [6, 6.07) is 6.03. The normalized spacial score (nSPS) is 12.4. The lowest BCUT2D eigenvalue weighted by Gasteiger charge is -2.07. The van der Waals surface area contributed by atoms with E-state index in [1.165, 1.54) is 5.56 Å². The van der Waals surface area contributed by atoms with Crippen molar-refractivity contribution in [1.29, 1.82) is 0 Å². The molecule has 1 aromatic carbocycles. The van der Waals surface area contributed by atoms with Crippen LogP contribution in [0.5, 0.6) is 5.75 Å². The second-order valence-electron chi connectivity index (χ2n) is 3.78. The van der Waals surface area contributed by atoms with E-state index in [-0.39, 0.29) is 0 Å². The number of methoxy groups -OCH3 is 1. The third-order valence-corrected chi connectivity index (χ3v) is 3.81. The molecule has 96 valence electrons. The molecule has 0 saturated carbocycles. The molecule has 0 saturated heterocycles. The van der Waals surface area contributed by atoms with Crippen LogP contribution in [0.15, 0.2) is 22.7 Å². The number of nitrogens with one attached hydrogen (secondary N) is 1. The average Bonchev–Trinajstić information content (AvgIpc) is 2.28. The van der Waals surface area contributed by atoms with Gasteiger partial charge in [-0.2, -0.15) is 0 Å². The molecular weight excluding hydrogens is 302 g/mol. The Morgan fingerprint density at radius 1 is 1.47 bits per heavy atom. The molecule has 0 aliphatic carbocycles. The fraction of sp³-hybridized carbons (Fsp3) is 0.500. The first-order valence-electron chi connectivity index (χ1n) is 5.46. The molecule has 1 rings (SSSR count). The standard InChI is InChI=1S/C12H18BrNO2S/c1-16-12-5-4-10(8-11(12)13)9-14-6-3-7-17(2)15/h4-5,8,14H,3,6-7,9H2,1-2H3. The summed E-state index contributed by atoms with van der Waals surface area (Å²) >= 11 is 3.46. The first kappa shape index (κ1) is 14.7. The van der Waals surface area contributed by atoms with Gasteiger partial charge < -0.3 is 10.1 Å². The van der Waals surface area contributed by atoms with Crippen molar-refractivity contribution in [3.05, 3.63) is 28.2 Å². The van der Waals surface area contributed by atoms with Gasteiger partial charge in [0.25, 0.3) is 0 Å². The molecule has 0 bridgehead atoms. The van der Waals surface area contributed by atoms with Crippen molar-refractivity contribution in [2.75, 3.05) is 25.7 Å². The van der Waals surface area contributed by atoms with Gasteiger partial charge in [-0.25, -0.2) is 0 Å². The Morgan fingerprint density at radius 3 is 2.82 bits per heavy atom. The van der Waals surface area contributed by atoms with Gasteiger partial charge in [0.2, 0.25) is 0 Å². The summed E-state index contributed by atoms with van der Waals surface area (Å²) in [6.45, 7) is 1.71. The third kappa shape index (κ3) is 5.66. The predicted octanol–water partition coefficient (Wildman–Crippen LogP) is 2.32. The monoisotopic (exact) mass is 319 g/mol. The maximum atomic E-state index is 10.9. The molecule has 0 aliphatic heterocycles. The van der Waals surface area contributed by atoms with Crippen molar-refractivity contribution in [3.63, 3.8) is 0 Å². The first-order chi connectivity index (χ1) is 8.13. The van der Waals surface area contributed by atoms with Gasteiger partial charge >= 0.3 is 0 Å². The van der Waals surface area contributed by atoms with Gasteiger partial charge in [0.15, 0.2) is 0 Å². The molecule has 0 spiro atoms. The van der Waals surface area contributed by atoms with Gasteiger partial charge in [0.05, 0.1) is 11.6 Å². The Labute approximate surface area is 114 Å². The molecule has 0 heterocycles. The number of ether oxygens (including phenoxy) is 1. The second-order valence-corrected chi connectivity index (χ2v) is 6.19. The zero-order chi connectivity index (χ0) is 12.7. The minimum Gasteiger partial charge on any atom is -0.496 e. The summed E-state index contributed by atoms with van der Waals surface area (Å²) in [4.78, 5) is 0. The SMILES string of the molecule is COc1ccc(CNCCCS(C)=O)cc1Br. The van der Waals surface area contributed by atoms with E-state index in [0.29, 0.717) is 0 Å². The van der Waals surface area contributed by atoms with E-state index in [0.717, 1.165) is 35.5 Å². The van der Waals surface area contributed by atoms with Gasteiger partial charge in [-0.15, -0.1) is 0 Å². The minimum atomic E-state index is -0.686. The van der Waals surface area contributed by atoms with E-state index in [9.17, 15) is 4.21 Å². The quantitative estimate of drug-likeness (QED) is 0.784. The van der Waals surface area contributed by atoms with Crippen LogP contribution in [0.1, 0.15) is 12.0 Å². The fourth-order valence-electron chi connectivity index (χ4n) is 1.45. The topological polar surface area (TPSA) is 38.3 Å². The van der Waals surface area contributed by atoms with Gasteiger partial charge in [-0.05, 0) is 46.6 Å². The molecule has 1 atom stereocenters. The average molecular weight is 320 g/mol. The molecule has 0 amide bonds. The highest BCUT2D eigenvalue weighted by molar-refractivity contribution is 9.10. The van der Waals surface area contributed by atoms with E-state index >= 15 is 0 Å². The first-order valence-corrected chi connectivity index (χ1v) is 7.98. The van der Waals surface area contributed by atoms with E-state index in [1.807, 2.05) is 18.2 Å². The Balaban J connectivity index is 2.32. The van der Waals surface area contributed by atoms with Crippen molar-refractivity contribution in [2.24, 2.45) is 0 Å². The van der Waals surface area contributed by atoms with E-state index < -0.39 is 10.8 Å². The summed E-state index contributed by atoms with van der Waals surface area (Å²) in [6.07, 6.45) is 2.68. The molecule has 1 N–H and O–H groups in total. The lowest BCUT2D eigenvalue weighted by molar-refractivity contribution is 0.412. The highest BCUT2D eigenvalue weighted by Gasteiger charge is 2.01. The molecule has 0 fully saturated rings. The Hall–Kier alpha value is -0.390. The van der Waals surface area contributed by atoms with Crippen molar-refractivity contribution in [2.45, 2.75) is 13.0 Å². The van der Waals surface area contributed by atoms with Crippen LogP contribution in [-0.4, -0.2) is 29.9 Å². The lowest BCUT2D eigenvalue weighted by atomic mass is 10.2. The van der Waals surface area contributed by atoms with E-state index in [4.69, 9.17) is 4.74 Å². The van der Waals surface area contributed by atoms with Gasteiger partial charge in [-0.3, -0.25) is 4.21 Å². The smallest absolute Gasteiger partial charge is 0.133 e. The second kappa shape index (κ2) is 7.84. The highest BCUT2D eigenvalue weighted by Crippen LogP contribution is 2.25. The number of hydrogen-bond donors (Lipinski definition) is 1. The molecule has 1 aromatic rings. The number of hydrogen-bond acceptors (Lipinski definition) is 3. The Kier molecular flexibility index (Phi) is 6.77. The van der Waals surface area contributed by atoms with Crippen molar-refractivity contribution in [3.8, 4) is 5.75 Å². The maximum absolute atomic E-state index is 10.9. The van der Waals surface area contributed by atoms with Gasteiger partial charge in [0.1, 0.15) is 5.75 Å². The van der Waals surface area contributed by atoms with Crippen LogP contribution in [0.2, 0.25) is 0 Å². The van der Waals surface area contributed by atoms with Crippen LogP contribution in [-0.2, 0) is 17.3 Å². The third-order valence-electron chi connectivity index (χ3n) is 2.33. The van der Waals surface area contributed by atoms with Crippen molar-refractivity contribution < 1.29 is 8.95 Å². The van der Waals surface area contributed by atoms with E-state index in [2.05, 4.69) is 21.2 Å². The molecule has 17 heavy (non-hydrogen) atoms. The zero-order valence-electron chi connectivity index (χ0n) is 10.2. The Morgan fingerprint density at radius 2 is 2.24 bits per heavy atom. The van der Waals surface area contributed by atoms with Crippen LogP contribution in [0.3, 0.4) is 0 Å². The van der Waals surface area contributed by atoms with Crippen LogP contribution in [0.25, 0.3) is 0 Å². The number of rotatable bonds is 7. The van der Waals surface area contributed by atoms with Crippen molar-refractivity contribution in [1.82, 2.24) is 5.32 Å². The van der Waals surface area contributed by atoms with Crippen LogP contribution in [0, 0.1) is 0 Å². The Bertz CT molecular complexity index is 385. The molecule has 0 aromatic heterocycles. The number of halogens is 1. The molecule has 3 nitrogen and oxygen atoms in total. The highest BCUT2D eigenvalue weighted by atomic mass is 79.9. The molecule has 0 aliphatic rings. The lowest BCUT2D eigenvalue weighted by Crippen LogP contribution is -2.16. The zero-order valence-corrected chi connectivity index (χ0v) is 12.6. The molecule has 1 unspecified atom stereocenters. The summed E-state index contributed by atoms with van der Waals surface area (Å²) < 4.78 is 17.0. The fourth-order valence-corrected chi connectivity index (χ4v) is 2.59. The molecular formula is C12H18BrNO2S. The van der Waals surface area contributed by atoms with Gasteiger partial charge in [-0.1, -0.05) is 6.07 Å². The van der Waals surface area contributed by atoms with E-state index in [1.54, 1.807) is 13.4 Å². The van der Waals surface area contributed by atoms with Crippen molar-refractivity contribution >= 4 is 26.7 Å². The summed E-state index contributed by atoms with van der Waals surface area (Å²) in [5.41, 5.74) is 1.20.